The molecule has 0 saturated heterocycles. The van der Waals surface area contributed by atoms with Gasteiger partial charge in [0.05, 0.1) is 6.26 Å². The molecule has 0 spiro atoms. The average Bonchev–Trinajstić information content (AvgIpc) is 2.83. The number of aryl methyl sites for hydroxylation is 2. The molecule has 19 heavy (non-hydrogen) atoms. The van der Waals surface area contributed by atoms with Crippen molar-refractivity contribution in [3.8, 4) is 0 Å². The lowest BCUT2D eigenvalue weighted by molar-refractivity contribution is -0.116. The van der Waals surface area contributed by atoms with Gasteiger partial charge in [0.2, 0.25) is 5.91 Å². The van der Waals surface area contributed by atoms with Gasteiger partial charge < -0.3 is 14.8 Å². The first-order valence-corrected chi connectivity index (χ1v) is 6.30. The van der Waals surface area contributed by atoms with Crippen LogP contribution in [0, 0.1) is 6.92 Å². The fourth-order valence-corrected chi connectivity index (χ4v) is 2.43. The Bertz CT molecular complexity index is 630. The first kappa shape index (κ1) is 12.0. The van der Waals surface area contributed by atoms with Gasteiger partial charge in [-0.15, -0.1) is 0 Å². The van der Waals surface area contributed by atoms with Gasteiger partial charge in [0.15, 0.2) is 0 Å². The first-order chi connectivity index (χ1) is 9.15. The van der Waals surface area contributed by atoms with Crippen LogP contribution in [-0.4, -0.2) is 11.0 Å². The van der Waals surface area contributed by atoms with Gasteiger partial charge in [-0.3, -0.25) is 4.79 Å². The molecule has 1 aliphatic heterocycles. The standard InChI is InChI=1S/C15H15NO3/c1-9-12(6-7-19-9)15(18)11-2-4-13-10(8-11)3-5-14(17)16-13/h2,4,6-8,15,18H,3,5H2,1H3,(H,16,17). The van der Waals surface area contributed by atoms with Gasteiger partial charge in [-0.2, -0.15) is 0 Å². The molecule has 1 aromatic heterocycles. The van der Waals surface area contributed by atoms with Crippen LogP contribution >= 0.6 is 0 Å². The summed E-state index contributed by atoms with van der Waals surface area (Å²) in [5.74, 6) is 0.769. The van der Waals surface area contributed by atoms with Gasteiger partial charge >= 0.3 is 0 Å². The number of amides is 1. The summed E-state index contributed by atoms with van der Waals surface area (Å²) < 4.78 is 5.22. The van der Waals surface area contributed by atoms with Gasteiger partial charge in [0, 0.05) is 17.7 Å². The van der Waals surface area contributed by atoms with Crippen LogP contribution in [0.1, 0.15) is 35.0 Å². The molecule has 4 nitrogen and oxygen atoms in total. The third-order valence-corrected chi connectivity index (χ3v) is 3.53. The van der Waals surface area contributed by atoms with Crippen molar-refractivity contribution >= 4 is 11.6 Å². The molecular formula is C15H15NO3. The molecule has 2 aromatic rings. The number of carbonyl (C=O) groups excluding carboxylic acids is 1. The van der Waals surface area contributed by atoms with Crippen molar-refractivity contribution in [1.29, 1.82) is 0 Å². The van der Waals surface area contributed by atoms with Crippen LogP contribution in [0.5, 0.6) is 0 Å². The van der Waals surface area contributed by atoms with E-state index in [1.165, 1.54) is 0 Å². The number of aliphatic hydroxyl groups excluding tert-OH is 1. The van der Waals surface area contributed by atoms with Crippen LogP contribution in [0.4, 0.5) is 5.69 Å². The zero-order chi connectivity index (χ0) is 13.4. The number of benzene rings is 1. The van der Waals surface area contributed by atoms with Crippen molar-refractivity contribution in [3.63, 3.8) is 0 Å². The Balaban J connectivity index is 1.94. The van der Waals surface area contributed by atoms with Gasteiger partial charge in [-0.1, -0.05) is 12.1 Å². The topological polar surface area (TPSA) is 62.5 Å². The van der Waals surface area contributed by atoms with E-state index in [0.717, 1.165) is 28.1 Å². The molecule has 0 saturated carbocycles. The minimum atomic E-state index is -0.693. The quantitative estimate of drug-likeness (QED) is 0.869. The number of furan rings is 1. The number of fused-ring (bicyclic) bond motifs is 1. The highest BCUT2D eigenvalue weighted by atomic mass is 16.3. The van der Waals surface area contributed by atoms with E-state index in [4.69, 9.17) is 4.42 Å². The summed E-state index contributed by atoms with van der Waals surface area (Å²) in [6.45, 7) is 1.83. The Morgan fingerprint density at radius 2 is 2.16 bits per heavy atom. The maximum Gasteiger partial charge on any atom is 0.224 e. The molecule has 2 heterocycles. The number of anilines is 1. The molecule has 0 radical (unpaired) electrons. The summed E-state index contributed by atoms with van der Waals surface area (Å²) in [6.07, 6.45) is 2.09. The van der Waals surface area contributed by atoms with E-state index in [9.17, 15) is 9.90 Å². The van der Waals surface area contributed by atoms with Gasteiger partial charge in [-0.05, 0) is 36.6 Å². The molecule has 4 heteroatoms. The van der Waals surface area contributed by atoms with Crippen molar-refractivity contribution in [1.82, 2.24) is 0 Å². The lowest BCUT2D eigenvalue weighted by atomic mass is 9.95. The normalized spacial score (nSPS) is 15.8. The molecule has 98 valence electrons. The van der Waals surface area contributed by atoms with Crippen molar-refractivity contribution in [3.05, 3.63) is 53.0 Å². The third kappa shape index (κ3) is 2.15. The predicted octanol–water partition coefficient (Wildman–Crippen LogP) is 2.55. The summed E-state index contributed by atoms with van der Waals surface area (Å²) in [5, 5.41) is 13.2. The smallest absolute Gasteiger partial charge is 0.224 e. The molecule has 0 bridgehead atoms. The number of nitrogens with one attached hydrogen (secondary N) is 1. The lowest BCUT2D eigenvalue weighted by Crippen LogP contribution is -2.19. The van der Waals surface area contributed by atoms with E-state index in [1.54, 1.807) is 12.3 Å². The molecule has 2 N–H and O–H groups in total. The highest BCUT2D eigenvalue weighted by Crippen LogP contribution is 2.30. The summed E-state index contributed by atoms with van der Waals surface area (Å²) >= 11 is 0. The number of carbonyl (C=O) groups is 1. The second-order valence-corrected chi connectivity index (χ2v) is 4.80. The zero-order valence-corrected chi connectivity index (χ0v) is 10.6. The highest BCUT2D eigenvalue weighted by Gasteiger charge is 2.19. The van der Waals surface area contributed by atoms with Gasteiger partial charge in [-0.25, -0.2) is 0 Å². The largest absolute Gasteiger partial charge is 0.469 e. The molecule has 0 aliphatic carbocycles. The van der Waals surface area contributed by atoms with Crippen LogP contribution in [0.2, 0.25) is 0 Å². The van der Waals surface area contributed by atoms with E-state index in [-0.39, 0.29) is 5.91 Å². The van der Waals surface area contributed by atoms with E-state index >= 15 is 0 Å². The van der Waals surface area contributed by atoms with E-state index in [2.05, 4.69) is 5.32 Å². The summed E-state index contributed by atoms with van der Waals surface area (Å²) in [4.78, 5) is 11.3. The van der Waals surface area contributed by atoms with Gasteiger partial charge in [0.1, 0.15) is 11.9 Å². The SMILES string of the molecule is Cc1occc1C(O)c1ccc2c(c1)CCC(=O)N2. The van der Waals surface area contributed by atoms with Crippen LogP contribution in [0.3, 0.4) is 0 Å². The van der Waals surface area contributed by atoms with Crippen LogP contribution in [0.25, 0.3) is 0 Å². The first-order valence-electron chi connectivity index (χ1n) is 6.30. The van der Waals surface area contributed by atoms with Crippen molar-refractivity contribution in [2.24, 2.45) is 0 Å². The molecule has 0 fully saturated rings. The molecular weight excluding hydrogens is 242 g/mol. The molecule has 1 aromatic carbocycles. The second-order valence-electron chi connectivity index (χ2n) is 4.80. The summed E-state index contributed by atoms with van der Waals surface area (Å²) in [6, 6.07) is 7.41. The van der Waals surface area contributed by atoms with Gasteiger partial charge in [0.25, 0.3) is 0 Å². The molecule has 1 amide bonds. The minimum absolute atomic E-state index is 0.0477. The number of hydrogen-bond acceptors (Lipinski definition) is 3. The van der Waals surface area contributed by atoms with E-state index in [0.29, 0.717) is 12.8 Å². The third-order valence-electron chi connectivity index (χ3n) is 3.53. The maximum absolute atomic E-state index is 11.3. The van der Waals surface area contributed by atoms with Crippen LogP contribution < -0.4 is 5.32 Å². The van der Waals surface area contributed by atoms with Crippen molar-refractivity contribution < 1.29 is 14.3 Å². The Kier molecular flexibility index (Phi) is 2.87. The number of rotatable bonds is 2. The van der Waals surface area contributed by atoms with E-state index in [1.807, 2.05) is 25.1 Å². The average molecular weight is 257 g/mol. The Hall–Kier alpha value is -2.07. The molecule has 1 atom stereocenters. The number of aliphatic hydroxyl groups is 1. The summed E-state index contributed by atoms with van der Waals surface area (Å²) in [7, 11) is 0. The molecule has 1 aliphatic rings. The Morgan fingerprint density at radius 3 is 2.89 bits per heavy atom. The summed E-state index contributed by atoms with van der Waals surface area (Å²) in [5.41, 5.74) is 3.51. The molecule has 3 rings (SSSR count). The monoisotopic (exact) mass is 257 g/mol. The van der Waals surface area contributed by atoms with Crippen molar-refractivity contribution in [2.45, 2.75) is 25.9 Å². The highest BCUT2D eigenvalue weighted by molar-refractivity contribution is 5.93. The second kappa shape index (κ2) is 4.55. The Morgan fingerprint density at radius 1 is 1.32 bits per heavy atom. The van der Waals surface area contributed by atoms with E-state index < -0.39 is 6.10 Å². The Labute approximate surface area is 111 Å². The molecule has 1 unspecified atom stereocenters. The fourth-order valence-electron chi connectivity index (χ4n) is 2.43. The number of hydrogen-bond donors (Lipinski definition) is 2. The minimum Gasteiger partial charge on any atom is -0.469 e. The van der Waals surface area contributed by atoms with Crippen molar-refractivity contribution in [2.75, 3.05) is 5.32 Å². The zero-order valence-electron chi connectivity index (χ0n) is 10.6. The lowest BCUT2D eigenvalue weighted by Gasteiger charge is -2.19. The van der Waals surface area contributed by atoms with Crippen LogP contribution in [0.15, 0.2) is 34.9 Å². The predicted molar refractivity (Wildman–Crippen MR) is 70.9 cm³/mol. The maximum atomic E-state index is 11.3. The van der Waals surface area contributed by atoms with Crippen LogP contribution in [-0.2, 0) is 11.2 Å². The fraction of sp³-hybridized carbons (Fsp3) is 0.267.